The predicted molar refractivity (Wildman–Crippen MR) is 102 cm³/mol. The Morgan fingerprint density at radius 2 is 2.00 bits per heavy atom. The Bertz CT molecular complexity index is 816. The summed E-state index contributed by atoms with van der Waals surface area (Å²) in [5.74, 6) is 0.616. The van der Waals surface area contributed by atoms with Crippen molar-refractivity contribution in [1.82, 2.24) is 9.97 Å². The number of nitrogen functional groups attached to an aromatic ring is 1. The van der Waals surface area contributed by atoms with E-state index in [0.29, 0.717) is 16.7 Å². The van der Waals surface area contributed by atoms with E-state index in [-0.39, 0.29) is 21.9 Å². The largest absolute Gasteiger partial charge is 0.383 e. The van der Waals surface area contributed by atoms with E-state index in [2.05, 4.69) is 15.3 Å². The van der Waals surface area contributed by atoms with Crippen molar-refractivity contribution in [2.45, 2.75) is 19.3 Å². The molecule has 3 rings (SSSR count). The lowest BCUT2D eigenvalue weighted by Gasteiger charge is -2.27. The van der Waals surface area contributed by atoms with Crippen LogP contribution in [0.15, 0.2) is 29.1 Å². The van der Waals surface area contributed by atoms with Gasteiger partial charge in [0.1, 0.15) is 16.4 Å². The first-order valence-electron chi connectivity index (χ1n) is 7.77. The Hall–Kier alpha value is -2.12. The van der Waals surface area contributed by atoms with E-state index in [1.54, 1.807) is 12.1 Å². The molecular formula is C16H18ClN5OS. The summed E-state index contributed by atoms with van der Waals surface area (Å²) in [5.41, 5.74) is 6.42. The number of nitrogens with zero attached hydrogens (tertiary/aromatic N) is 2. The SMILES string of the molecule is Nc1nc(N2CCCCC2)[nH]c(=O)c1C(=S)Nc1ccccc1Cl. The number of rotatable bonds is 3. The van der Waals surface area contributed by atoms with Crippen LogP contribution in [0.25, 0.3) is 0 Å². The van der Waals surface area contributed by atoms with Crippen LogP contribution in [0.1, 0.15) is 24.8 Å². The molecule has 2 heterocycles. The van der Waals surface area contributed by atoms with Crippen molar-refractivity contribution in [2.24, 2.45) is 0 Å². The molecule has 1 aliphatic rings. The number of para-hydroxylation sites is 1. The van der Waals surface area contributed by atoms with Gasteiger partial charge >= 0.3 is 0 Å². The highest BCUT2D eigenvalue weighted by atomic mass is 35.5. The Kier molecular flexibility index (Phi) is 5.01. The summed E-state index contributed by atoms with van der Waals surface area (Å²) in [6.45, 7) is 1.73. The van der Waals surface area contributed by atoms with E-state index < -0.39 is 0 Å². The molecule has 4 N–H and O–H groups in total. The molecule has 1 aromatic heterocycles. The van der Waals surface area contributed by atoms with Crippen LogP contribution in [0, 0.1) is 0 Å². The highest BCUT2D eigenvalue weighted by molar-refractivity contribution is 7.81. The third-order valence-corrected chi connectivity index (χ3v) is 4.58. The van der Waals surface area contributed by atoms with Gasteiger partial charge in [0, 0.05) is 13.1 Å². The molecule has 0 bridgehead atoms. The zero-order chi connectivity index (χ0) is 17.1. The fourth-order valence-corrected chi connectivity index (χ4v) is 3.19. The van der Waals surface area contributed by atoms with Gasteiger partial charge in [-0.1, -0.05) is 36.0 Å². The van der Waals surface area contributed by atoms with Crippen LogP contribution in [-0.2, 0) is 0 Å². The fraction of sp³-hybridized carbons (Fsp3) is 0.312. The van der Waals surface area contributed by atoms with Gasteiger partial charge in [-0.2, -0.15) is 4.98 Å². The Morgan fingerprint density at radius 3 is 2.67 bits per heavy atom. The van der Waals surface area contributed by atoms with Crippen molar-refractivity contribution in [3.8, 4) is 0 Å². The first-order chi connectivity index (χ1) is 11.6. The van der Waals surface area contributed by atoms with Gasteiger partial charge in [-0.15, -0.1) is 0 Å². The van der Waals surface area contributed by atoms with Gasteiger partial charge < -0.3 is 16.0 Å². The van der Waals surface area contributed by atoms with Gasteiger partial charge in [0.2, 0.25) is 5.95 Å². The van der Waals surface area contributed by atoms with E-state index in [1.807, 2.05) is 17.0 Å². The number of aromatic nitrogens is 2. The molecule has 2 aromatic rings. The van der Waals surface area contributed by atoms with E-state index in [1.165, 1.54) is 6.42 Å². The summed E-state index contributed by atoms with van der Waals surface area (Å²) in [5, 5.41) is 3.46. The lowest BCUT2D eigenvalue weighted by molar-refractivity contribution is 0.568. The molecule has 1 fully saturated rings. The standard InChI is InChI=1S/C16H18ClN5OS/c17-10-6-2-3-7-11(10)19-15(24)12-13(18)20-16(21-14(12)23)22-8-4-1-5-9-22/h2-3,6-7H,1,4-5,8-9H2,(H,19,24)(H3,18,20,21,23). The van der Waals surface area contributed by atoms with E-state index in [0.717, 1.165) is 25.9 Å². The van der Waals surface area contributed by atoms with Crippen molar-refractivity contribution < 1.29 is 0 Å². The van der Waals surface area contributed by atoms with Crippen LogP contribution in [0.2, 0.25) is 5.02 Å². The van der Waals surface area contributed by atoms with Crippen LogP contribution >= 0.6 is 23.8 Å². The smallest absolute Gasteiger partial charge is 0.264 e. The van der Waals surface area contributed by atoms with Gasteiger partial charge in [0.25, 0.3) is 5.56 Å². The Labute approximate surface area is 150 Å². The summed E-state index contributed by atoms with van der Waals surface area (Å²) in [7, 11) is 0. The summed E-state index contributed by atoms with van der Waals surface area (Å²) in [4.78, 5) is 21.8. The van der Waals surface area contributed by atoms with Gasteiger partial charge in [-0.25, -0.2) is 0 Å². The molecule has 6 nitrogen and oxygen atoms in total. The van der Waals surface area contributed by atoms with E-state index in [9.17, 15) is 4.79 Å². The number of H-pyrrole nitrogens is 1. The van der Waals surface area contributed by atoms with Crippen LogP contribution in [0.3, 0.4) is 0 Å². The van der Waals surface area contributed by atoms with Crippen LogP contribution in [0.5, 0.6) is 0 Å². The predicted octanol–water partition coefficient (Wildman–Crippen LogP) is 2.78. The number of aromatic amines is 1. The third-order valence-electron chi connectivity index (χ3n) is 3.94. The molecule has 24 heavy (non-hydrogen) atoms. The summed E-state index contributed by atoms with van der Waals surface area (Å²) < 4.78 is 0. The lowest BCUT2D eigenvalue weighted by atomic mass is 10.1. The second kappa shape index (κ2) is 7.19. The number of hydrogen-bond donors (Lipinski definition) is 3. The maximum atomic E-state index is 12.5. The van der Waals surface area contributed by atoms with Gasteiger partial charge in [-0.05, 0) is 31.4 Å². The number of halogens is 1. The summed E-state index contributed by atoms with van der Waals surface area (Å²) in [6.07, 6.45) is 3.36. The molecule has 1 aliphatic heterocycles. The minimum atomic E-state index is -0.354. The zero-order valence-corrected chi connectivity index (χ0v) is 14.6. The molecule has 0 amide bonds. The van der Waals surface area contributed by atoms with E-state index in [4.69, 9.17) is 29.6 Å². The molecular weight excluding hydrogens is 346 g/mol. The average Bonchev–Trinajstić information content (AvgIpc) is 2.57. The Balaban J connectivity index is 1.87. The number of hydrogen-bond acceptors (Lipinski definition) is 5. The molecule has 1 saturated heterocycles. The monoisotopic (exact) mass is 363 g/mol. The zero-order valence-electron chi connectivity index (χ0n) is 13.0. The normalized spacial score (nSPS) is 14.5. The first-order valence-corrected chi connectivity index (χ1v) is 8.55. The van der Waals surface area contributed by atoms with Gasteiger partial charge in [-0.3, -0.25) is 9.78 Å². The highest BCUT2D eigenvalue weighted by Gasteiger charge is 2.19. The van der Waals surface area contributed by atoms with E-state index >= 15 is 0 Å². The van der Waals surface area contributed by atoms with Crippen molar-refractivity contribution >= 4 is 46.3 Å². The van der Waals surface area contributed by atoms with Crippen LogP contribution in [0.4, 0.5) is 17.5 Å². The van der Waals surface area contributed by atoms with Crippen LogP contribution < -0.4 is 21.5 Å². The number of nitrogens with one attached hydrogen (secondary N) is 2. The van der Waals surface area contributed by atoms with Crippen LogP contribution in [-0.4, -0.2) is 28.0 Å². The number of piperidine rings is 1. The summed E-state index contributed by atoms with van der Waals surface area (Å²) >= 11 is 11.4. The topological polar surface area (TPSA) is 87.0 Å². The van der Waals surface area contributed by atoms with Crippen molar-refractivity contribution in [3.63, 3.8) is 0 Å². The molecule has 0 unspecified atom stereocenters. The first kappa shape index (κ1) is 16.7. The number of benzene rings is 1. The van der Waals surface area contributed by atoms with Crippen molar-refractivity contribution in [1.29, 1.82) is 0 Å². The fourth-order valence-electron chi connectivity index (χ4n) is 2.70. The molecule has 0 spiro atoms. The van der Waals surface area contributed by atoms with Gasteiger partial charge in [0.05, 0.1) is 10.7 Å². The molecule has 8 heteroatoms. The molecule has 1 aromatic carbocycles. The Morgan fingerprint density at radius 1 is 1.29 bits per heavy atom. The number of nitrogens with two attached hydrogens (primary N) is 1. The molecule has 0 radical (unpaired) electrons. The van der Waals surface area contributed by atoms with Gasteiger partial charge in [0.15, 0.2) is 0 Å². The third kappa shape index (κ3) is 3.52. The second-order valence-corrected chi connectivity index (χ2v) is 6.45. The average molecular weight is 364 g/mol. The molecule has 0 saturated carbocycles. The molecule has 0 atom stereocenters. The minimum Gasteiger partial charge on any atom is -0.383 e. The quantitative estimate of drug-likeness (QED) is 0.727. The lowest BCUT2D eigenvalue weighted by Crippen LogP contribution is -2.34. The minimum absolute atomic E-state index is 0.115. The maximum Gasteiger partial charge on any atom is 0.264 e. The number of thiocarbonyl (C=S) groups is 1. The van der Waals surface area contributed by atoms with Crippen molar-refractivity contribution in [2.75, 3.05) is 29.0 Å². The van der Waals surface area contributed by atoms with Crippen molar-refractivity contribution in [3.05, 3.63) is 45.2 Å². The number of anilines is 3. The highest BCUT2D eigenvalue weighted by Crippen LogP contribution is 2.22. The summed E-state index contributed by atoms with van der Waals surface area (Å²) in [6, 6.07) is 7.14. The second-order valence-electron chi connectivity index (χ2n) is 5.63. The molecule has 126 valence electrons. The molecule has 0 aliphatic carbocycles. The maximum absolute atomic E-state index is 12.5.